The minimum Gasteiger partial charge on any atom is -0.330 e. The normalized spacial score (nSPS) is 10.8. The average Bonchev–Trinajstić information content (AvgIpc) is 2.84. The maximum atomic E-state index is 5.47. The maximum Gasteiger partial charge on any atom is 0.147 e. The number of rotatable bonds is 6. The second-order valence-corrected chi connectivity index (χ2v) is 6.08. The molecule has 0 saturated carbocycles. The van der Waals surface area contributed by atoms with Gasteiger partial charge in [0, 0.05) is 16.5 Å². The van der Waals surface area contributed by atoms with Gasteiger partial charge in [-0.05, 0) is 31.5 Å². The number of benzene rings is 1. The standard InChI is InChI=1S/C13H16BrN3S/c14-11-7-5-10(6-8-11)13-17-16-12(18-13)4-2-1-3-9-15/h5-8H,1-4,9,15H2. The zero-order chi connectivity index (χ0) is 12.8. The molecule has 0 fully saturated rings. The van der Waals surface area contributed by atoms with Gasteiger partial charge in [0.05, 0.1) is 0 Å². The van der Waals surface area contributed by atoms with Crippen molar-refractivity contribution in [2.24, 2.45) is 5.73 Å². The molecule has 0 atom stereocenters. The predicted octanol–water partition coefficient (Wildman–Crippen LogP) is 3.64. The van der Waals surface area contributed by atoms with Crippen LogP contribution in [0.2, 0.25) is 0 Å². The number of hydrogen-bond acceptors (Lipinski definition) is 4. The first-order valence-electron chi connectivity index (χ1n) is 6.08. The van der Waals surface area contributed by atoms with Gasteiger partial charge in [0.25, 0.3) is 0 Å². The van der Waals surface area contributed by atoms with E-state index >= 15 is 0 Å². The minimum absolute atomic E-state index is 0.778. The van der Waals surface area contributed by atoms with Gasteiger partial charge in [0.2, 0.25) is 0 Å². The predicted molar refractivity (Wildman–Crippen MR) is 79.7 cm³/mol. The number of hydrogen-bond donors (Lipinski definition) is 1. The molecule has 18 heavy (non-hydrogen) atoms. The van der Waals surface area contributed by atoms with E-state index in [1.54, 1.807) is 11.3 Å². The first-order valence-corrected chi connectivity index (χ1v) is 7.69. The Kier molecular flexibility index (Phi) is 5.28. The van der Waals surface area contributed by atoms with Crippen molar-refractivity contribution in [2.45, 2.75) is 25.7 Å². The SMILES string of the molecule is NCCCCCc1nnc(-c2ccc(Br)cc2)s1. The van der Waals surface area contributed by atoms with Crippen LogP contribution < -0.4 is 5.73 Å². The van der Waals surface area contributed by atoms with Gasteiger partial charge >= 0.3 is 0 Å². The quantitative estimate of drug-likeness (QED) is 0.825. The summed E-state index contributed by atoms with van der Waals surface area (Å²) in [5, 5.41) is 10.6. The average molecular weight is 326 g/mol. The molecule has 0 bridgehead atoms. The highest BCUT2D eigenvalue weighted by Gasteiger charge is 2.06. The number of nitrogens with two attached hydrogens (primary N) is 1. The first kappa shape index (κ1) is 13.6. The fourth-order valence-electron chi connectivity index (χ4n) is 1.66. The topological polar surface area (TPSA) is 51.8 Å². The molecule has 1 aromatic carbocycles. The molecule has 0 amide bonds. The highest BCUT2D eigenvalue weighted by atomic mass is 79.9. The fourth-order valence-corrected chi connectivity index (χ4v) is 2.81. The van der Waals surface area contributed by atoms with Crippen LogP contribution in [0.1, 0.15) is 24.3 Å². The van der Waals surface area contributed by atoms with Crippen LogP contribution in [0.3, 0.4) is 0 Å². The van der Waals surface area contributed by atoms with Crippen LogP contribution in [0.4, 0.5) is 0 Å². The van der Waals surface area contributed by atoms with Gasteiger partial charge in [-0.1, -0.05) is 45.8 Å². The molecule has 1 heterocycles. The zero-order valence-corrected chi connectivity index (χ0v) is 12.5. The van der Waals surface area contributed by atoms with Gasteiger partial charge in [-0.25, -0.2) is 0 Å². The van der Waals surface area contributed by atoms with Crippen molar-refractivity contribution in [3.63, 3.8) is 0 Å². The van der Waals surface area contributed by atoms with Crippen molar-refractivity contribution in [3.8, 4) is 10.6 Å². The molecule has 0 aliphatic rings. The van der Waals surface area contributed by atoms with Crippen molar-refractivity contribution >= 4 is 27.3 Å². The molecule has 0 spiro atoms. The van der Waals surface area contributed by atoms with E-state index in [4.69, 9.17) is 5.73 Å². The summed E-state index contributed by atoms with van der Waals surface area (Å²) < 4.78 is 1.08. The van der Waals surface area contributed by atoms with Gasteiger partial charge in [-0.15, -0.1) is 10.2 Å². The minimum atomic E-state index is 0.778. The Bertz CT molecular complexity index is 481. The number of unbranched alkanes of at least 4 members (excludes halogenated alkanes) is 2. The summed E-state index contributed by atoms with van der Waals surface area (Å²) in [6.07, 6.45) is 4.42. The molecule has 2 N–H and O–H groups in total. The second-order valence-electron chi connectivity index (χ2n) is 4.11. The Hall–Kier alpha value is -0.780. The third kappa shape index (κ3) is 3.86. The summed E-state index contributed by atoms with van der Waals surface area (Å²) in [4.78, 5) is 0. The van der Waals surface area contributed by atoms with Gasteiger partial charge < -0.3 is 5.73 Å². The monoisotopic (exact) mass is 325 g/mol. The van der Waals surface area contributed by atoms with Gasteiger partial charge in [0.15, 0.2) is 0 Å². The third-order valence-electron chi connectivity index (χ3n) is 2.65. The molecule has 2 rings (SSSR count). The molecule has 2 aromatic rings. The lowest BCUT2D eigenvalue weighted by Crippen LogP contribution is -1.98. The summed E-state index contributed by atoms with van der Waals surface area (Å²) in [5.41, 5.74) is 6.60. The Morgan fingerprint density at radius 3 is 2.56 bits per heavy atom. The molecular formula is C13H16BrN3S. The van der Waals surface area contributed by atoms with Crippen molar-refractivity contribution in [3.05, 3.63) is 33.7 Å². The number of nitrogens with zero attached hydrogens (tertiary/aromatic N) is 2. The zero-order valence-electron chi connectivity index (χ0n) is 10.1. The first-order chi connectivity index (χ1) is 8.79. The van der Waals surface area contributed by atoms with Crippen molar-refractivity contribution < 1.29 is 0 Å². The summed E-state index contributed by atoms with van der Waals surface area (Å²) in [5.74, 6) is 0. The second kappa shape index (κ2) is 6.97. The number of aromatic nitrogens is 2. The molecule has 0 radical (unpaired) electrons. The highest BCUT2D eigenvalue weighted by molar-refractivity contribution is 9.10. The van der Waals surface area contributed by atoms with Crippen LogP contribution in [-0.4, -0.2) is 16.7 Å². The van der Waals surface area contributed by atoms with E-state index in [2.05, 4.69) is 38.3 Å². The van der Waals surface area contributed by atoms with Gasteiger partial charge in [0.1, 0.15) is 10.0 Å². The molecular weight excluding hydrogens is 310 g/mol. The molecule has 0 saturated heterocycles. The van der Waals surface area contributed by atoms with Crippen LogP contribution in [0.5, 0.6) is 0 Å². The lowest BCUT2D eigenvalue weighted by atomic mass is 10.2. The molecule has 0 aliphatic heterocycles. The third-order valence-corrected chi connectivity index (χ3v) is 4.21. The van der Waals surface area contributed by atoms with Crippen molar-refractivity contribution in [1.29, 1.82) is 0 Å². The van der Waals surface area contributed by atoms with Crippen LogP contribution in [0.15, 0.2) is 28.7 Å². The fraction of sp³-hybridized carbons (Fsp3) is 0.385. The van der Waals surface area contributed by atoms with E-state index in [9.17, 15) is 0 Å². The van der Waals surface area contributed by atoms with E-state index in [1.165, 1.54) is 6.42 Å². The van der Waals surface area contributed by atoms with Crippen molar-refractivity contribution in [1.82, 2.24) is 10.2 Å². The van der Waals surface area contributed by atoms with E-state index in [-0.39, 0.29) is 0 Å². The van der Waals surface area contributed by atoms with E-state index in [0.717, 1.165) is 45.9 Å². The van der Waals surface area contributed by atoms with Gasteiger partial charge in [-0.3, -0.25) is 0 Å². The van der Waals surface area contributed by atoms with Crippen molar-refractivity contribution in [2.75, 3.05) is 6.54 Å². The summed E-state index contributed by atoms with van der Waals surface area (Å²) in [6, 6.07) is 8.17. The van der Waals surface area contributed by atoms with Crippen LogP contribution in [0, 0.1) is 0 Å². The Morgan fingerprint density at radius 1 is 1.06 bits per heavy atom. The lowest BCUT2D eigenvalue weighted by Gasteiger charge is -1.95. The Balaban J connectivity index is 1.95. The van der Waals surface area contributed by atoms with Crippen LogP contribution in [0.25, 0.3) is 10.6 Å². The molecule has 96 valence electrons. The van der Waals surface area contributed by atoms with E-state index < -0.39 is 0 Å². The Morgan fingerprint density at radius 2 is 1.83 bits per heavy atom. The molecule has 3 nitrogen and oxygen atoms in total. The molecule has 0 unspecified atom stereocenters. The van der Waals surface area contributed by atoms with Crippen LogP contribution in [-0.2, 0) is 6.42 Å². The van der Waals surface area contributed by atoms with Gasteiger partial charge in [-0.2, -0.15) is 0 Å². The maximum absolute atomic E-state index is 5.47. The Labute approximate surface area is 120 Å². The smallest absolute Gasteiger partial charge is 0.147 e. The van der Waals surface area contributed by atoms with E-state index in [1.807, 2.05) is 12.1 Å². The van der Waals surface area contributed by atoms with Crippen LogP contribution >= 0.6 is 27.3 Å². The number of aryl methyl sites for hydroxylation is 1. The largest absolute Gasteiger partial charge is 0.330 e. The molecule has 1 aromatic heterocycles. The lowest BCUT2D eigenvalue weighted by molar-refractivity contribution is 0.681. The summed E-state index contributed by atoms with van der Waals surface area (Å²) in [6.45, 7) is 0.778. The molecule has 5 heteroatoms. The van der Waals surface area contributed by atoms with E-state index in [0.29, 0.717) is 0 Å². The summed E-state index contributed by atoms with van der Waals surface area (Å²) in [7, 11) is 0. The number of halogens is 1. The highest BCUT2D eigenvalue weighted by Crippen LogP contribution is 2.25. The summed E-state index contributed by atoms with van der Waals surface area (Å²) >= 11 is 5.11. The molecule has 0 aliphatic carbocycles.